The van der Waals surface area contributed by atoms with Gasteiger partial charge in [0.2, 0.25) is 11.8 Å². The van der Waals surface area contributed by atoms with Crippen LogP contribution in [0.15, 0.2) is 54.6 Å². The van der Waals surface area contributed by atoms with Crippen LogP contribution in [0.2, 0.25) is 0 Å². The topological polar surface area (TPSA) is 109 Å². The maximum atomic E-state index is 14.1. The van der Waals surface area contributed by atoms with E-state index in [0.717, 1.165) is 98.7 Å². The van der Waals surface area contributed by atoms with E-state index in [0.29, 0.717) is 36.6 Å². The number of carbonyl (C=O) groups excluding carboxylic acids is 3. The molecule has 2 aliphatic heterocycles. The number of nitrogens with one attached hydrogen (secondary N) is 3. The zero-order valence-corrected chi connectivity index (χ0v) is 28.2. The van der Waals surface area contributed by atoms with Crippen LogP contribution in [0.4, 0.5) is 0 Å². The number of hydrogen-bond donors (Lipinski definition) is 3. The highest BCUT2D eigenvalue weighted by Crippen LogP contribution is 2.33. The molecule has 10 heteroatoms. The summed E-state index contributed by atoms with van der Waals surface area (Å²) >= 11 is 1.38. The van der Waals surface area contributed by atoms with E-state index in [1.807, 2.05) is 54.6 Å². The zero-order chi connectivity index (χ0) is 32.6. The maximum absolute atomic E-state index is 14.1. The predicted octanol–water partition coefficient (Wildman–Crippen LogP) is 4.93. The molecule has 1 aromatic heterocycles. The van der Waals surface area contributed by atoms with Crippen LogP contribution in [0.1, 0.15) is 66.6 Å². The third-order valence-corrected chi connectivity index (χ3v) is 11.3. The molecule has 3 N–H and O–H groups in total. The minimum absolute atomic E-state index is 0.176. The average molecular weight is 661 g/mol. The molecule has 3 fully saturated rings. The largest absolute Gasteiger partial charge is 0.497 e. The quantitative estimate of drug-likeness (QED) is 0.254. The van der Waals surface area contributed by atoms with Crippen LogP contribution in [-0.2, 0) is 20.7 Å². The summed E-state index contributed by atoms with van der Waals surface area (Å²) < 4.78 is 11.8. The number of rotatable bonds is 12. The Bertz CT molecular complexity index is 1510. The average Bonchev–Trinajstić information content (AvgIpc) is 3.76. The van der Waals surface area contributed by atoms with E-state index in [9.17, 15) is 14.4 Å². The van der Waals surface area contributed by atoms with Gasteiger partial charge >= 0.3 is 0 Å². The van der Waals surface area contributed by atoms with Crippen molar-refractivity contribution in [2.24, 2.45) is 11.8 Å². The maximum Gasteiger partial charge on any atom is 0.262 e. The fourth-order valence-corrected chi connectivity index (χ4v) is 8.29. The monoisotopic (exact) mass is 660 g/mol. The molecule has 47 heavy (non-hydrogen) atoms. The van der Waals surface area contributed by atoms with Crippen molar-refractivity contribution in [2.45, 2.75) is 69.4 Å². The summed E-state index contributed by atoms with van der Waals surface area (Å²) in [5, 5.41) is 10.3. The SMILES string of the molecule is COc1ccc2cc(C(=O)NC3(C(=O)N[C@H](Cc4ccccc4)C(=O)NCC4CCN(CC5CCOCC5)CC4)CCCC3)sc2c1. The minimum Gasteiger partial charge on any atom is -0.497 e. The van der Waals surface area contributed by atoms with Gasteiger partial charge in [0.15, 0.2) is 0 Å². The van der Waals surface area contributed by atoms with Crippen LogP contribution in [0.5, 0.6) is 5.75 Å². The second-order valence-corrected chi connectivity index (χ2v) is 14.6. The highest BCUT2D eigenvalue weighted by molar-refractivity contribution is 7.20. The van der Waals surface area contributed by atoms with Gasteiger partial charge in [0.05, 0.1) is 12.0 Å². The lowest BCUT2D eigenvalue weighted by Gasteiger charge is -2.35. The summed E-state index contributed by atoms with van der Waals surface area (Å²) in [5.41, 5.74) is -0.0862. The molecule has 0 spiro atoms. The van der Waals surface area contributed by atoms with E-state index >= 15 is 0 Å². The van der Waals surface area contributed by atoms with Crippen LogP contribution in [0, 0.1) is 11.8 Å². The molecule has 6 rings (SSSR count). The molecule has 0 unspecified atom stereocenters. The number of carbonyl (C=O) groups is 3. The molecule has 2 aromatic carbocycles. The van der Waals surface area contributed by atoms with E-state index < -0.39 is 11.6 Å². The first-order valence-corrected chi connectivity index (χ1v) is 18.1. The number of likely N-dealkylation sites (tertiary alicyclic amines) is 1. The fourth-order valence-electron chi connectivity index (χ4n) is 7.31. The van der Waals surface area contributed by atoms with Crippen LogP contribution in [0.3, 0.4) is 0 Å². The van der Waals surface area contributed by atoms with E-state index in [-0.39, 0.29) is 17.7 Å². The van der Waals surface area contributed by atoms with Crippen LogP contribution in [0.25, 0.3) is 10.1 Å². The van der Waals surface area contributed by atoms with Gasteiger partial charge in [-0.2, -0.15) is 0 Å². The molecule has 2 saturated heterocycles. The Morgan fingerprint density at radius 1 is 0.979 bits per heavy atom. The lowest BCUT2D eigenvalue weighted by atomic mass is 9.93. The van der Waals surface area contributed by atoms with Gasteiger partial charge in [-0.1, -0.05) is 43.2 Å². The lowest BCUT2D eigenvalue weighted by molar-refractivity contribution is -0.132. The van der Waals surface area contributed by atoms with Gasteiger partial charge in [-0.3, -0.25) is 14.4 Å². The van der Waals surface area contributed by atoms with Crippen molar-refractivity contribution in [3.63, 3.8) is 0 Å². The minimum atomic E-state index is -1.06. The summed E-state index contributed by atoms with van der Waals surface area (Å²) in [6, 6.07) is 16.6. The van der Waals surface area contributed by atoms with Gasteiger partial charge in [0.1, 0.15) is 17.3 Å². The third kappa shape index (κ3) is 8.52. The molecule has 1 aliphatic carbocycles. The summed E-state index contributed by atoms with van der Waals surface area (Å²) in [5.74, 6) is 1.14. The number of ether oxygens (including phenoxy) is 2. The Hall–Kier alpha value is -3.47. The van der Waals surface area contributed by atoms with E-state index in [1.165, 1.54) is 11.3 Å². The molecule has 3 aliphatic rings. The van der Waals surface area contributed by atoms with Crippen molar-refractivity contribution in [3.05, 3.63) is 65.0 Å². The Morgan fingerprint density at radius 2 is 1.72 bits per heavy atom. The van der Waals surface area contributed by atoms with E-state index in [4.69, 9.17) is 9.47 Å². The second kappa shape index (κ2) is 15.6. The predicted molar refractivity (Wildman–Crippen MR) is 185 cm³/mol. The number of fused-ring (bicyclic) bond motifs is 1. The lowest BCUT2D eigenvalue weighted by Crippen LogP contribution is -2.61. The number of methoxy groups -OCH3 is 1. The standard InChI is InChI=1S/C37H48N4O5S/c1-45-30-10-9-29-22-33(47-32(29)23-30)35(43)40-37(15-5-6-16-37)36(44)39-31(21-26-7-3-2-4-8-26)34(42)38-24-27-11-17-41(18-12-27)25-28-13-19-46-20-14-28/h2-4,7-10,22-23,27-28,31H,5-6,11-21,24-25H2,1H3,(H,38,42)(H,39,44)(H,40,43)/t31-/m1/s1. The van der Waals surface area contributed by atoms with Gasteiger partial charge in [-0.05, 0) is 98.7 Å². The molecule has 1 saturated carbocycles. The van der Waals surface area contributed by atoms with Gasteiger partial charge in [0, 0.05) is 37.4 Å². The number of nitrogens with zero attached hydrogens (tertiary/aromatic N) is 1. The smallest absolute Gasteiger partial charge is 0.262 e. The van der Waals surface area contributed by atoms with E-state index in [2.05, 4.69) is 20.9 Å². The molecular formula is C37H48N4O5S. The number of amides is 3. The van der Waals surface area contributed by atoms with Crippen molar-refractivity contribution in [1.29, 1.82) is 0 Å². The molecular weight excluding hydrogens is 612 g/mol. The summed E-state index contributed by atoms with van der Waals surface area (Å²) in [6.07, 6.45) is 7.53. The van der Waals surface area contributed by atoms with Crippen LogP contribution in [-0.4, -0.2) is 80.7 Å². The Morgan fingerprint density at radius 3 is 2.45 bits per heavy atom. The molecule has 0 radical (unpaired) electrons. The van der Waals surface area contributed by atoms with Crippen LogP contribution >= 0.6 is 11.3 Å². The van der Waals surface area contributed by atoms with Gasteiger partial charge in [-0.15, -0.1) is 11.3 Å². The van der Waals surface area contributed by atoms with Crippen molar-refractivity contribution >= 4 is 39.1 Å². The molecule has 3 amide bonds. The second-order valence-electron chi connectivity index (χ2n) is 13.5. The zero-order valence-electron chi connectivity index (χ0n) is 27.4. The van der Waals surface area contributed by atoms with Gasteiger partial charge in [-0.25, -0.2) is 0 Å². The molecule has 1 atom stereocenters. The molecule has 3 heterocycles. The van der Waals surface area contributed by atoms with Gasteiger partial charge < -0.3 is 30.3 Å². The highest BCUT2D eigenvalue weighted by atomic mass is 32.1. The summed E-state index contributed by atoms with van der Waals surface area (Å²) in [6.45, 7) is 5.61. The van der Waals surface area contributed by atoms with Crippen molar-refractivity contribution in [2.75, 3.05) is 46.5 Å². The number of piperidine rings is 1. The number of thiophene rings is 1. The number of hydrogen-bond acceptors (Lipinski definition) is 7. The molecule has 252 valence electrons. The molecule has 0 bridgehead atoms. The van der Waals surface area contributed by atoms with Crippen molar-refractivity contribution in [1.82, 2.24) is 20.9 Å². The summed E-state index contributed by atoms with van der Waals surface area (Å²) in [4.78, 5) is 44.5. The highest BCUT2D eigenvalue weighted by Gasteiger charge is 2.44. The Balaban J connectivity index is 1.08. The molecule has 3 aromatic rings. The third-order valence-electron chi connectivity index (χ3n) is 10.2. The molecule has 9 nitrogen and oxygen atoms in total. The van der Waals surface area contributed by atoms with Crippen molar-refractivity contribution < 1.29 is 23.9 Å². The Kier molecular flexibility index (Phi) is 11.1. The first-order chi connectivity index (χ1) is 22.9. The van der Waals surface area contributed by atoms with Crippen LogP contribution < -0.4 is 20.7 Å². The Labute approximate surface area is 281 Å². The van der Waals surface area contributed by atoms with Gasteiger partial charge in [0.25, 0.3) is 5.91 Å². The van der Waals surface area contributed by atoms with Crippen molar-refractivity contribution in [3.8, 4) is 5.75 Å². The first-order valence-electron chi connectivity index (χ1n) is 17.2. The fraction of sp³-hybridized carbons (Fsp3) is 0.541. The summed E-state index contributed by atoms with van der Waals surface area (Å²) in [7, 11) is 1.62. The number of benzene rings is 2. The first kappa shape index (κ1) is 33.4. The van der Waals surface area contributed by atoms with E-state index in [1.54, 1.807) is 7.11 Å². The normalized spacial score (nSPS) is 19.7.